The van der Waals surface area contributed by atoms with Crippen LogP contribution in [0.25, 0.3) is 0 Å². The van der Waals surface area contributed by atoms with Gasteiger partial charge in [-0.15, -0.1) is 0 Å². The van der Waals surface area contributed by atoms with Crippen LogP contribution in [0.4, 0.5) is 4.79 Å². The molecule has 1 aromatic carbocycles. The molecule has 2 amide bonds. The third-order valence-electron chi connectivity index (χ3n) is 3.28. The fraction of sp³-hybridized carbons (Fsp3) is 0.500. The predicted octanol–water partition coefficient (Wildman–Crippen LogP) is 2.71. The van der Waals surface area contributed by atoms with Crippen LogP contribution in [0.3, 0.4) is 0 Å². The van der Waals surface area contributed by atoms with E-state index in [1.807, 2.05) is 31.2 Å². The van der Waals surface area contributed by atoms with Crippen molar-refractivity contribution in [2.24, 2.45) is 0 Å². The van der Waals surface area contributed by atoms with Crippen LogP contribution in [0.5, 0.6) is 0 Å². The Hall–Kier alpha value is -1.26. The highest BCUT2D eigenvalue weighted by Crippen LogP contribution is 2.16. The lowest BCUT2D eigenvalue weighted by Crippen LogP contribution is -2.45. The molecule has 1 fully saturated rings. The van der Waals surface area contributed by atoms with Gasteiger partial charge in [-0.25, -0.2) is 4.79 Å². The Bertz CT molecular complexity index is 433. The summed E-state index contributed by atoms with van der Waals surface area (Å²) in [6.45, 7) is 3.17. The van der Waals surface area contributed by atoms with Crippen molar-refractivity contribution in [2.45, 2.75) is 38.5 Å². The quantitative estimate of drug-likeness (QED) is 0.892. The lowest BCUT2D eigenvalue weighted by Gasteiger charge is -2.20. The van der Waals surface area contributed by atoms with Crippen molar-refractivity contribution in [1.82, 2.24) is 10.6 Å². The SMILES string of the molecule is CC(NC(=O)NCc1ccccc1Cl)C1CCCO1. The normalized spacial score (nSPS) is 20.0. The van der Waals surface area contributed by atoms with Gasteiger partial charge in [0.05, 0.1) is 12.1 Å². The maximum Gasteiger partial charge on any atom is 0.315 e. The molecular weight excluding hydrogens is 264 g/mol. The van der Waals surface area contributed by atoms with Crippen molar-refractivity contribution in [2.75, 3.05) is 6.61 Å². The van der Waals surface area contributed by atoms with E-state index in [2.05, 4.69) is 10.6 Å². The van der Waals surface area contributed by atoms with Crippen LogP contribution in [0.2, 0.25) is 5.02 Å². The van der Waals surface area contributed by atoms with Crippen molar-refractivity contribution in [3.8, 4) is 0 Å². The molecule has 1 aliphatic rings. The van der Waals surface area contributed by atoms with Gasteiger partial charge in [-0.2, -0.15) is 0 Å². The van der Waals surface area contributed by atoms with Crippen LogP contribution in [-0.2, 0) is 11.3 Å². The number of benzene rings is 1. The number of hydrogen-bond acceptors (Lipinski definition) is 2. The molecule has 19 heavy (non-hydrogen) atoms. The zero-order valence-corrected chi connectivity index (χ0v) is 11.7. The van der Waals surface area contributed by atoms with E-state index in [1.165, 1.54) is 0 Å². The summed E-state index contributed by atoms with van der Waals surface area (Å²) in [5.74, 6) is 0. The Kier molecular flexibility index (Phi) is 5.05. The van der Waals surface area contributed by atoms with E-state index >= 15 is 0 Å². The van der Waals surface area contributed by atoms with Crippen LogP contribution >= 0.6 is 11.6 Å². The summed E-state index contributed by atoms with van der Waals surface area (Å²) in [6, 6.07) is 7.30. The molecule has 1 aliphatic heterocycles. The van der Waals surface area contributed by atoms with Crippen molar-refractivity contribution in [1.29, 1.82) is 0 Å². The van der Waals surface area contributed by atoms with Gasteiger partial charge in [0.25, 0.3) is 0 Å². The first-order chi connectivity index (χ1) is 9.16. The minimum Gasteiger partial charge on any atom is -0.376 e. The fourth-order valence-corrected chi connectivity index (χ4v) is 2.37. The molecule has 0 saturated carbocycles. The molecule has 0 aromatic heterocycles. The van der Waals surface area contributed by atoms with Crippen LogP contribution in [0.15, 0.2) is 24.3 Å². The van der Waals surface area contributed by atoms with Gasteiger partial charge in [0.1, 0.15) is 0 Å². The zero-order valence-electron chi connectivity index (χ0n) is 11.0. The van der Waals surface area contributed by atoms with Crippen molar-refractivity contribution in [3.05, 3.63) is 34.9 Å². The lowest BCUT2D eigenvalue weighted by molar-refractivity contribution is 0.0860. The van der Waals surface area contributed by atoms with E-state index in [-0.39, 0.29) is 18.2 Å². The third-order valence-corrected chi connectivity index (χ3v) is 3.65. The third kappa shape index (κ3) is 4.11. The van der Waals surface area contributed by atoms with Gasteiger partial charge in [-0.05, 0) is 31.4 Å². The maximum absolute atomic E-state index is 11.8. The Labute approximate surface area is 118 Å². The maximum atomic E-state index is 11.8. The summed E-state index contributed by atoms with van der Waals surface area (Å²) in [4.78, 5) is 11.8. The molecule has 4 nitrogen and oxygen atoms in total. The summed E-state index contributed by atoms with van der Waals surface area (Å²) in [5.41, 5.74) is 0.907. The second-order valence-corrected chi connectivity index (χ2v) is 5.17. The van der Waals surface area contributed by atoms with Crippen LogP contribution < -0.4 is 10.6 Å². The largest absolute Gasteiger partial charge is 0.376 e. The number of amides is 2. The molecule has 5 heteroatoms. The number of halogens is 1. The Balaban J connectivity index is 1.77. The number of ether oxygens (including phenoxy) is 1. The zero-order chi connectivity index (χ0) is 13.7. The first kappa shape index (κ1) is 14.2. The minimum absolute atomic E-state index is 0.0220. The van der Waals surface area contributed by atoms with E-state index in [0.717, 1.165) is 25.0 Å². The molecule has 1 heterocycles. The molecule has 2 rings (SSSR count). The molecule has 2 N–H and O–H groups in total. The number of rotatable bonds is 4. The molecule has 2 unspecified atom stereocenters. The first-order valence-corrected chi connectivity index (χ1v) is 6.94. The standard InChI is InChI=1S/C14H19ClN2O2/c1-10(13-7-4-8-19-13)17-14(18)16-9-11-5-2-3-6-12(11)15/h2-3,5-6,10,13H,4,7-9H2,1H3,(H2,16,17,18). The Morgan fingerprint density at radius 3 is 3.00 bits per heavy atom. The minimum atomic E-state index is -0.192. The van der Waals surface area contributed by atoms with E-state index in [4.69, 9.17) is 16.3 Å². The van der Waals surface area contributed by atoms with E-state index in [9.17, 15) is 4.79 Å². The molecular formula is C14H19ClN2O2. The van der Waals surface area contributed by atoms with Gasteiger partial charge < -0.3 is 15.4 Å². The monoisotopic (exact) mass is 282 g/mol. The number of urea groups is 1. The van der Waals surface area contributed by atoms with Gasteiger partial charge in [0.15, 0.2) is 0 Å². The summed E-state index contributed by atoms with van der Waals surface area (Å²) in [6.07, 6.45) is 2.20. The highest BCUT2D eigenvalue weighted by molar-refractivity contribution is 6.31. The predicted molar refractivity (Wildman–Crippen MR) is 75.3 cm³/mol. The van der Waals surface area contributed by atoms with Gasteiger partial charge in [0.2, 0.25) is 0 Å². The molecule has 2 atom stereocenters. The first-order valence-electron chi connectivity index (χ1n) is 6.56. The van der Waals surface area contributed by atoms with Gasteiger partial charge in [-0.1, -0.05) is 29.8 Å². The number of carbonyl (C=O) groups excluding carboxylic acids is 1. The second-order valence-electron chi connectivity index (χ2n) is 4.76. The van der Waals surface area contributed by atoms with Gasteiger partial charge in [0, 0.05) is 18.2 Å². The molecule has 1 saturated heterocycles. The number of hydrogen-bond donors (Lipinski definition) is 2. The molecule has 104 valence electrons. The summed E-state index contributed by atoms with van der Waals surface area (Å²) in [7, 11) is 0. The molecule has 0 aliphatic carbocycles. The van der Waals surface area contributed by atoms with Crippen molar-refractivity contribution in [3.63, 3.8) is 0 Å². The van der Waals surface area contributed by atoms with Crippen LogP contribution in [0.1, 0.15) is 25.3 Å². The average molecular weight is 283 g/mol. The summed E-state index contributed by atoms with van der Waals surface area (Å²) < 4.78 is 5.53. The highest BCUT2D eigenvalue weighted by Gasteiger charge is 2.23. The Morgan fingerprint density at radius 1 is 1.53 bits per heavy atom. The van der Waals surface area contributed by atoms with E-state index in [0.29, 0.717) is 11.6 Å². The topological polar surface area (TPSA) is 50.4 Å². The molecule has 0 radical (unpaired) electrons. The molecule has 1 aromatic rings. The van der Waals surface area contributed by atoms with Crippen LogP contribution in [0, 0.1) is 0 Å². The number of nitrogens with one attached hydrogen (secondary N) is 2. The van der Waals surface area contributed by atoms with E-state index < -0.39 is 0 Å². The molecule has 0 spiro atoms. The van der Waals surface area contributed by atoms with Crippen LogP contribution in [-0.4, -0.2) is 24.8 Å². The summed E-state index contributed by atoms with van der Waals surface area (Å²) in [5, 5.41) is 6.36. The van der Waals surface area contributed by atoms with E-state index in [1.54, 1.807) is 0 Å². The highest BCUT2D eigenvalue weighted by atomic mass is 35.5. The smallest absolute Gasteiger partial charge is 0.315 e. The lowest BCUT2D eigenvalue weighted by atomic mass is 10.1. The summed E-state index contributed by atoms with van der Waals surface area (Å²) >= 11 is 6.03. The Morgan fingerprint density at radius 2 is 2.32 bits per heavy atom. The molecule has 0 bridgehead atoms. The average Bonchev–Trinajstić information content (AvgIpc) is 2.91. The van der Waals surface area contributed by atoms with Crippen molar-refractivity contribution >= 4 is 17.6 Å². The number of carbonyl (C=O) groups is 1. The van der Waals surface area contributed by atoms with Crippen molar-refractivity contribution < 1.29 is 9.53 Å². The van der Waals surface area contributed by atoms with Gasteiger partial charge >= 0.3 is 6.03 Å². The second kappa shape index (κ2) is 6.78. The fourth-order valence-electron chi connectivity index (χ4n) is 2.16. The van der Waals surface area contributed by atoms with Gasteiger partial charge in [-0.3, -0.25) is 0 Å².